The van der Waals surface area contributed by atoms with Crippen molar-refractivity contribution < 1.29 is 19.0 Å². The Morgan fingerprint density at radius 3 is 2.64 bits per heavy atom. The second kappa shape index (κ2) is 13.7. The van der Waals surface area contributed by atoms with E-state index in [0.717, 1.165) is 55.8 Å². The fourth-order valence-corrected chi connectivity index (χ4v) is 5.37. The number of aromatic hydroxyl groups is 1. The van der Waals surface area contributed by atoms with E-state index in [0.29, 0.717) is 43.0 Å². The fourth-order valence-electron chi connectivity index (χ4n) is 5.37. The third-order valence-electron chi connectivity index (χ3n) is 7.62. The minimum Gasteiger partial charge on any atom is -0.508 e. The Morgan fingerprint density at radius 1 is 1.05 bits per heavy atom. The number of benzene rings is 3. The number of nitrogens with zero attached hydrogens (tertiary/aromatic N) is 1. The molecule has 1 unspecified atom stereocenters. The SMILES string of the molecule is CCN(Cc1ccc(OCCNCCC(C)C)c(F)c1)c1cc(OC)ccc1C1CCc2cc(O)ccc2C1. The molecule has 0 aliphatic heterocycles. The van der Waals surface area contributed by atoms with Crippen molar-refractivity contribution in [3.8, 4) is 17.2 Å². The fraction of sp³-hybridized carbons (Fsp3) is 0.455. The number of fused-ring (bicyclic) bond motifs is 1. The van der Waals surface area contributed by atoms with Crippen LogP contribution in [-0.4, -0.2) is 38.5 Å². The van der Waals surface area contributed by atoms with Gasteiger partial charge in [-0.3, -0.25) is 0 Å². The second-order valence-electron chi connectivity index (χ2n) is 10.9. The van der Waals surface area contributed by atoms with Gasteiger partial charge in [0.2, 0.25) is 0 Å². The second-order valence-corrected chi connectivity index (χ2v) is 10.9. The zero-order chi connectivity index (χ0) is 27.8. The summed E-state index contributed by atoms with van der Waals surface area (Å²) in [4.78, 5) is 2.29. The Kier molecular flexibility index (Phi) is 10.1. The summed E-state index contributed by atoms with van der Waals surface area (Å²) >= 11 is 0. The first kappa shape index (κ1) is 28.8. The van der Waals surface area contributed by atoms with Gasteiger partial charge in [0.05, 0.1) is 7.11 Å². The summed E-state index contributed by atoms with van der Waals surface area (Å²) in [6, 6.07) is 17.3. The molecule has 0 saturated carbocycles. The van der Waals surface area contributed by atoms with Crippen LogP contribution in [0.1, 0.15) is 61.8 Å². The number of anilines is 1. The van der Waals surface area contributed by atoms with Crippen molar-refractivity contribution in [3.63, 3.8) is 0 Å². The number of phenolic OH excluding ortho intramolecular Hbond substituents is 1. The van der Waals surface area contributed by atoms with Crippen LogP contribution in [0.5, 0.6) is 17.2 Å². The molecule has 5 nitrogen and oxygen atoms in total. The largest absolute Gasteiger partial charge is 0.508 e. The van der Waals surface area contributed by atoms with Crippen molar-refractivity contribution in [2.24, 2.45) is 5.92 Å². The molecule has 0 bridgehead atoms. The quantitative estimate of drug-likeness (QED) is 0.235. The third kappa shape index (κ3) is 7.66. The molecule has 3 aromatic carbocycles. The molecule has 0 fully saturated rings. The van der Waals surface area contributed by atoms with Gasteiger partial charge in [0.15, 0.2) is 11.6 Å². The molecular weight excluding hydrogens is 491 g/mol. The van der Waals surface area contributed by atoms with Crippen LogP contribution in [0.4, 0.5) is 10.1 Å². The molecule has 210 valence electrons. The van der Waals surface area contributed by atoms with Crippen molar-refractivity contribution in [3.05, 3.63) is 82.7 Å². The zero-order valence-electron chi connectivity index (χ0n) is 23.8. The van der Waals surface area contributed by atoms with Crippen molar-refractivity contribution in [1.29, 1.82) is 0 Å². The van der Waals surface area contributed by atoms with Crippen molar-refractivity contribution >= 4 is 5.69 Å². The lowest BCUT2D eigenvalue weighted by molar-refractivity contribution is 0.297. The highest BCUT2D eigenvalue weighted by molar-refractivity contribution is 5.60. The summed E-state index contributed by atoms with van der Waals surface area (Å²) in [5.41, 5.74) is 5.83. The molecule has 2 N–H and O–H groups in total. The first-order chi connectivity index (χ1) is 18.9. The molecule has 0 radical (unpaired) electrons. The highest BCUT2D eigenvalue weighted by Crippen LogP contribution is 2.40. The molecule has 4 rings (SSSR count). The van der Waals surface area contributed by atoms with Crippen molar-refractivity contribution in [2.45, 2.75) is 58.9 Å². The Morgan fingerprint density at radius 2 is 1.90 bits per heavy atom. The van der Waals surface area contributed by atoms with Gasteiger partial charge in [-0.1, -0.05) is 32.0 Å². The maximum Gasteiger partial charge on any atom is 0.165 e. The maximum absolute atomic E-state index is 14.9. The highest BCUT2D eigenvalue weighted by Gasteiger charge is 2.25. The first-order valence-electron chi connectivity index (χ1n) is 14.2. The van der Waals surface area contributed by atoms with E-state index in [1.54, 1.807) is 25.3 Å². The summed E-state index contributed by atoms with van der Waals surface area (Å²) in [5, 5.41) is 13.2. The minimum atomic E-state index is -0.330. The van der Waals surface area contributed by atoms with Gasteiger partial charge in [-0.2, -0.15) is 0 Å². The van der Waals surface area contributed by atoms with Crippen molar-refractivity contribution in [1.82, 2.24) is 5.32 Å². The molecule has 1 aliphatic carbocycles. The topological polar surface area (TPSA) is 54.0 Å². The summed E-state index contributed by atoms with van der Waals surface area (Å²) in [7, 11) is 1.69. The van der Waals surface area contributed by atoms with E-state index in [2.05, 4.69) is 43.1 Å². The third-order valence-corrected chi connectivity index (χ3v) is 7.62. The van der Waals surface area contributed by atoms with Crippen LogP contribution < -0.4 is 19.7 Å². The lowest BCUT2D eigenvalue weighted by Crippen LogP contribution is -2.25. The zero-order valence-corrected chi connectivity index (χ0v) is 23.8. The Balaban J connectivity index is 1.46. The van der Waals surface area contributed by atoms with Gasteiger partial charge in [-0.05, 0) is 104 Å². The monoisotopic (exact) mass is 534 g/mol. The minimum absolute atomic E-state index is 0.293. The van der Waals surface area contributed by atoms with Crippen LogP contribution >= 0.6 is 0 Å². The average molecular weight is 535 g/mol. The molecule has 3 aromatic rings. The number of methoxy groups -OCH3 is 1. The molecule has 0 aromatic heterocycles. The lowest BCUT2D eigenvalue weighted by Gasteiger charge is -2.32. The molecule has 0 heterocycles. The van der Waals surface area contributed by atoms with E-state index in [9.17, 15) is 9.50 Å². The van der Waals surface area contributed by atoms with E-state index in [1.807, 2.05) is 24.3 Å². The molecule has 0 spiro atoms. The summed E-state index contributed by atoms with van der Waals surface area (Å²) in [6.07, 6.45) is 4.00. The van der Waals surface area contributed by atoms with Gasteiger partial charge < -0.3 is 24.8 Å². The molecule has 1 atom stereocenters. The van der Waals surface area contributed by atoms with Crippen LogP contribution in [-0.2, 0) is 19.4 Å². The molecule has 0 saturated heterocycles. The standard InChI is InChI=1S/C33H43FN2O3/c1-5-36(22-24-6-13-33(31(34)18-24)39-17-16-35-15-14-23(2)3)32-21-29(38-4)11-12-30(32)27-8-7-26-20-28(37)10-9-25(26)19-27/h6,9-13,18,20-21,23,27,35,37H,5,7-8,14-17,19,22H2,1-4H3. The van der Waals surface area contributed by atoms with Crippen LogP contribution in [0.15, 0.2) is 54.6 Å². The summed E-state index contributed by atoms with van der Waals surface area (Å²) in [6.45, 7) is 9.97. The highest BCUT2D eigenvalue weighted by atomic mass is 19.1. The summed E-state index contributed by atoms with van der Waals surface area (Å²) in [5.74, 6) is 2.12. The first-order valence-corrected chi connectivity index (χ1v) is 14.2. The Hall–Kier alpha value is -3.25. The van der Waals surface area contributed by atoms with E-state index < -0.39 is 0 Å². The molecule has 39 heavy (non-hydrogen) atoms. The predicted molar refractivity (Wildman–Crippen MR) is 157 cm³/mol. The average Bonchev–Trinajstić information content (AvgIpc) is 2.93. The smallest absolute Gasteiger partial charge is 0.165 e. The number of hydrogen-bond acceptors (Lipinski definition) is 5. The molecular formula is C33H43FN2O3. The van der Waals surface area contributed by atoms with Gasteiger partial charge in [-0.15, -0.1) is 0 Å². The Bertz CT molecular complexity index is 1230. The number of aryl methyl sites for hydroxylation is 1. The van der Waals surface area contributed by atoms with Crippen molar-refractivity contribution in [2.75, 3.05) is 38.3 Å². The van der Waals surface area contributed by atoms with Crippen LogP contribution in [0.25, 0.3) is 0 Å². The van der Waals surface area contributed by atoms with Gasteiger partial charge in [0, 0.05) is 31.4 Å². The molecule has 1 aliphatic rings. The van der Waals surface area contributed by atoms with Gasteiger partial charge in [0.1, 0.15) is 18.1 Å². The van der Waals surface area contributed by atoms with Crippen LogP contribution in [0.2, 0.25) is 0 Å². The van der Waals surface area contributed by atoms with Gasteiger partial charge >= 0.3 is 0 Å². The molecule has 6 heteroatoms. The summed E-state index contributed by atoms with van der Waals surface area (Å²) < 4.78 is 26.2. The van der Waals surface area contributed by atoms with E-state index in [-0.39, 0.29) is 5.82 Å². The van der Waals surface area contributed by atoms with Gasteiger partial charge in [0.25, 0.3) is 0 Å². The normalized spacial score (nSPS) is 14.8. The van der Waals surface area contributed by atoms with E-state index in [4.69, 9.17) is 9.47 Å². The van der Waals surface area contributed by atoms with E-state index in [1.165, 1.54) is 16.7 Å². The number of ether oxygens (including phenoxy) is 2. The number of halogens is 1. The number of hydrogen-bond donors (Lipinski definition) is 2. The number of rotatable bonds is 13. The van der Waals surface area contributed by atoms with Crippen LogP contribution in [0, 0.1) is 11.7 Å². The molecule has 0 amide bonds. The number of nitrogens with one attached hydrogen (secondary N) is 1. The van der Waals surface area contributed by atoms with Gasteiger partial charge in [-0.25, -0.2) is 4.39 Å². The number of phenols is 1. The maximum atomic E-state index is 14.9. The van der Waals surface area contributed by atoms with E-state index >= 15 is 0 Å². The Labute approximate surface area is 233 Å². The van der Waals surface area contributed by atoms with Crippen LogP contribution in [0.3, 0.4) is 0 Å². The lowest BCUT2D eigenvalue weighted by atomic mass is 9.79. The predicted octanol–water partition coefficient (Wildman–Crippen LogP) is 6.85.